The van der Waals surface area contributed by atoms with E-state index in [1.54, 1.807) is 0 Å². The van der Waals surface area contributed by atoms with Gasteiger partial charge in [0.05, 0.1) is 0 Å². The maximum atomic E-state index is 12.4. The van der Waals surface area contributed by atoms with Crippen molar-refractivity contribution in [1.82, 2.24) is 5.32 Å². The van der Waals surface area contributed by atoms with Crippen LogP contribution in [0.1, 0.15) is 43.7 Å². The summed E-state index contributed by atoms with van der Waals surface area (Å²) < 4.78 is 0. The normalized spacial score (nSPS) is 24.9. The van der Waals surface area contributed by atoms with Gasteiger partial charge in [-0.1, -0.05) is 43.2 Å². The third-order valence-corrected chi connectivity index (χ3v) is 3.67. The van der Waals surface area contributed by atoms with Crippen molar-refractivity contribution in [2.75, 3.05) is 6.54 Å². The highest BCUT2D eigenvalue weighted by atomic mass is 16.1. The van der Waals surface area contributed by atoms with Gasteiger partial charge in [-0.15, -0.1) is 0 Å². The minimum absolute atomic E-state index is 0.358. The highest BCUT2D eigenvalue weighted by Crippen LogP contribution is 2.34. The maximum Gasteiger partial charge on any atom is 0.157 e. The number of rotatable bonds is 3. The van der Waals surface area contributed by atoms with Gasteiger partial charge in [-0.2, -0.15) is 0 Å². The van der Waals surface area contributed by atoms with Crippen LogP contribution in [0.5, 0.6) is 0 Å². The van der Waals surface area contributed by atoms with Crippen LogP contribution in [0.2, 0.25) is 0 Å². The van der Waals surface area contributed by atoms with Crippen molar-refractivity contribution in [2.24, 2.45) is 0 Å². The molecule has 17 heavy (non-hydrogen) atoms. The summed E-state index contributed by atoms with van der Waals surface area (Å²) in [4.78, 5) is 12.4. The Morgan fingerprint density at radius 2 is 2.18 bits per heavy atom. The van der Waals surface area contributed by atoms with E-state index in [1.807, 2.05) is 6.07 Å². The summed E-state index contributed by atoms with van der Waals surface area (Å²) >= 11 is 0. The Labute approximate surface area is 103 Å². The van der Waals surface area contributed by atoms with Gasteiger partial charge in [-0.25, -0.2) is 0 Å². The minimum Gasteiger partial charge on any atom is -0.302 e. The fourth-order valence-corrected chi connectivity index (χ4v) is 2.84. The summed E-state index contributed by atoms with van der Waals surface area (Å²) in [6, 6.07) is 8.35. The van der Waals surface area contributed by atoms with Gasteiger partial charge in [0.25, 0.3) is 0 Å². The molecule has 0 aromatic heterocycles. The van der Waals surface area contributed by atoms with Gasteiger partial charge in [0.15, 0.2) is 5.78 Å². The van der Waals surface area contributed by atoms with Crippen molar-refractivity contribution in [2.45, 2.75) is 45.1 Å². The second-order valence-corrected chi connectivity index (χ2v) is 4.94. The number of benzene rings is 1. The van der Waals surface area contributed by atoms with E-state index in [0.717, 1.165) is 31.4 Å². The lowest BCUT2D eigenvalue weighted by Crippen LogP contribution is -2.50. The van der Waals surface area contributed by atoms with Gasteiger partial charge in [0.2, 0.25) is 0 Å². The molecule has 0 unspecified atom stereocenters. The molecule has 0 radical (unpaired) electrons. The van der Waals surface area contributed by atoms with E-state index >= 15 is 0 Å². The van der Waals surface area contributed by atoms with E-state index in [4.69, 9.17) is 0 Å². The zero-order valence-electron chi connectivity index (χ0n) is 10.8. The predicted octanol–water partition coefficient (Wildman–Crippen LogP) is 2.94. The smallest absolute Gasteiger partial charge is 0.157 e. The van der Waals surface area contributed by atoms with Crippen LogP contribution in [0, 0.1) is 6.92 Å². The Kier molecular flexibility index (Phi) is 3.63. The fraction of sp³-hybridized carbons (Fsp3) is 0.533. The van der Waals surface area contributed by atoms with Crippen molar-refractivity contribution in [1.29, 1.82) is 0 Å². The number of carbonyl (C=O) groups is 1. The lowest BCUT2D eigenvalue weighted by molar-refractivity contribution is -0.128. The summed E-state index contributed by atoms with van der Waals surface area (Å²) in [5, 5.41) is 3.44. The van der Waals surface area contributed by atoms with Gasteiger partial charge in [0, 0.05) is 6.42 Å². The first-order valence-electron chi connectivity index (χ1n) is 6.54. The van der Waals surface area contributed by atoms with Gasteiger partial charge in [0.1, 0.15) is 5.54 Å². The topological polar surface area (TPSA) is 29.1 Å². The monoisotopic (exact) mass is 231 g/mol. The van der Waals surface area contributed by atoms with E-state index in [-0.39, 0.29) is 0 Å². The first kappa shape index (κ1) is 12.3. The molecular formula is C15H21NO. The van der Waals surface area contributed by atoms with Crippen LogP contribution in [0.4, 0.5) is 0 Å². The van der Waals surface area contributed by atoms with E-state index < -0.39 is 5.54 Å². The molecule has 1 saturated carbocycles. The van der Waals surface area contributed by atoms with E-state index in [2.05, 4.69) is 37.4 Å². The SMILES string of the molecule is CCN[C@@]1(c2cccc(C)c2)CCCCC1=O. The molecule has 1 atom stereocenters. The number of likely N-dealkylation sites (N-methyl/N-ethyl adjacent to an activating group) is 1. The number of carbonyl (C=O) groups excluding carboxylic acids is 1. The summed E-state index contributed by atoms with van der Waals surface area (Å²) in [6.07, 6.45) is 3.81. The molecule has 1 fully saturated rings. The molecule has 1 aliphatic rings. The molecule has 2 heteroatoms. The quantitative estimate of drug-likeness (QED) is 0.866. The molecule has 0 heterocycles. The molecule has 1 N–H and O–H groups in total. The molecule has 0 bridgehead atoms. The first-order valence-corrected chi connectivity index (χ1v) is 6.54. The van der Waals surface area contributed by atoms with Crippen LogP contribution in [-0.4, -0.2) is 12.3 Å². The van der Waals surface area contributed by atoms with E-state index in [9.17, 15) is 4.79 Å². The van der Waals surface area contributed by atoms with Crippen LogP contribution in [0.15, 0.2) is 24.3 Å². The summed E-state index contributed by atoms with van der Waals surface area (Å²) in [6.45, 7) is 4.98. The van der Waals surface area contributed by atoms with Crippen LogP contribution in [0.25, 0.3) is 0 Å². The predicted molar refractivity (Wildman–Crippen MR) is 70.0 cm³/mol. The third kappa shape index (κ3) is 2.27. The zero-order valence-corrected chi connectivity index (χ0v) is 10.8. The van der Waals surface area contributed by atoms with E-state index in [1.165, 1.54) is 5.56 Å². The second kappa shape index (κ2) is 5.01. The van der Waals surface area contributed by atoms with Crippen LogP contribution in [-0.2, 0) is 10.3 Å². The molecule has 0 aliphatic heterocycles. The van der Waals surface area contributed by atoms with Crippen molar-refractivity contribution < 1.29 is 4.79 Å². The molecule has 0 spiro atoms. The number of hydrogen-bond acceptors (Lipinski definition) is 2. The van der Waals surface area contributed by atoms with Crippen LogP contribution >= 0.6 is 0 Å². The Hall–Kier alpha value is -1.15. The fourth-order valence-electron chi connectivity index (χ4n) is 2.84. The lowest BCUT2D eigenvalue weighted by Gasteiger charge is -2.37. The Morgan fingerprint density at radius 1 is 1.35 bits per heavy atom. The zero-order chi connectivity index (χ0) is 12.3. The molecular weight excluding hydrogens is 210 g/mol. The number of Topliss-reactive ketones (excluding diaryl/α,β-unsaturated/α-hetero) is 1. The maximum absolute atomic E-state index is 12.4. The number of nitrogens with one attached hydrogen (secondary N) is 1. The molecule has 92 valence electrons. The van der Waals surface area contributed by atoms with Crippen molar-refractivity contribution >= 4 is 5.78 Å². The van der Waals surface area contributed by atoms with Crippen LogP contribution in [0.3, 0.4) is 0 Å². The second-order valence-electron chi connectivity index (χ2n) is 4.94. The minimum atomic E-state index is -0.418. The molecule has 1 aliphatic carbocycles. The lowest BCUT2D eigenvalue weighted by atomic mass is 9.75. The Morgan fingerprint density at radius 3 is 2.82 bits per heavy atom. The number of hydrogen-bond donors (Lipinski definition) is 1. The molecule has 1 aromatic carbocycles. The van der Waals surface area contributed by atoms with Gasteiger partial charge >= 0.3 is 0 Å². The molecule has 1 aromatic rings. The van der Waals surface area contributed by atoms with Gasteiger partial charge in [-0.3, -0.25) is 4.79 Å². The Balaban J connectivity index is 2.42. The Bertz CT molecular complexity index is 409. The number of aryl methyl sites for hydroxylation is 1. The molecule has 2 nitrogen and oxygen atoms in total. The molecule has 0 saturated heterocycles. The average molecular weight is 231 g/mol. The largest absolute Gasteiger partial charge is 0.302 e. The highest BCUT2D eigenvalue weighted by Gasteiger charge is 2.40. The van der Waals surface area contributed by atoms with Gasteiger partial charge < -0.3 is 5.32 Å². The van der Waals surface area contributed by atoms with Crippen molar-refractivity contribution in [3.63, 3.8) is 0 Å². The van der Waals surface area contributed by atoms with Gasteiger partial charge in [-0.05, 0) is 31.9 Å². The molecule has 2 rings (SSSR count). The third-order valence-electron chi connectivity index (χ3n) is 3.67. The number of ketones is 1. The summed E-state index contributed by atoms with van der Waals surface area (Å²) in [5.41, 5.74) is 1.95. The highest BCUT2D eigenvalue weighted by molar-refractivity contribution is 5.90. The first-order chi connectivity index (χ1) is 8.19. The summed E-state index contributed by atoms with van der Waals surface area (Å²) in [5.74, 6) is 0.358. The van der Waals surface area contributed by atoms with Crippen LogP contribution < -0.4 is 5.32 Å². The summed E-state index contributed by atoms with van der Waals surface area (Å²) in [7, 11) is 0. The van der Waals surface area contributed by atoms with Crippen molar-refractivity contribution in [3.8, 4) is 0 Å². The standard InChI is InChI=1S/C15H21NO/c1-3-16-15(10-5-4-9-14(15)17)13-8-6-7-12(2)11-13/h6-8,11,16H,3-5,9-10H2,1-2H3/t15-/m1/s1. The molecule has 0 amide bonds. The average Bonchev–Trinajstić information content (AvgIpc) is 2.32. The van der Waals surface area contributed by atoms with E-state index in [0.29, 0.717) is 12.2 Å². The van der Waals surface area contributed by atoms with Crippen molar-refractivity contribution in [3.05, 3.63) is 35.4 Å².